The number of esters is 3. The number of ether oxygens (including phenoxy) is 5. The van der Waals surface area contributed by atoms with Gasteiger partial charge in [-0.15, -0.1) is 0 Å². The lowest BCUT2D eigenvalue weighted by atomic mass is 10.2. The second-order valence-electron chi connectivity index (χ2n) is 16.8. The van der Waals surface area contributed by atoms with Crippen molar-refractivity contribution in [2.24, 2.45) is 35.5 Å². The average molecular weight is 797 g/mol. The molecule has 0 aromatic heterocycles. The second-order valence-corrected chi connectivity index (χ2v) is 16.8. The summed E-state index contributed by atoms with van der Waals surface area (Å²) >= 11 is 0. The number of aliphatic hydroxyl groups excluding tert-OH is 3. The van der Waals surface area contributed by atoms with E-state index in [-0.39, 0.29) is 65.0 Å². The van der Waals surface area contributed by atoms with E-state index in [1.807, 2.05) is 6.92 Å². The first-order valence-electron chi connectivity index (χ1n) is 19.8. The van der Waals surface area contributed by atoms with Gasteiger partial charge in [-0.3, -0.25) is 14.4 Å². The Labute approximate surface area is 320 Å². The van der Waals surface area contributed by atoms with E-state index >= 15 is 0 Å². The highest BCUT2D eigenvalue weighted by Gasteiger charge is 2.48. The van der Waals surface area contributed by atoms with Crippen LogP contribution in [0.25, 0.3) is 0 Å². The Balaban J connectivity index is 1.54. The molecule has 13 nitrogen and oxygen atoms in total. The molecule has 3 aliphatic heterocycles. The normalized spacial score (nSPS) is 29.3. The van der Waals surface area contributed by atoms with Crippen LogP contribution in [0.3, 0.4) is 0 Å². The molecule has 13 heteroatoms. The van der Waals surface area contributed by atoms with Crippen LogP contribution in [0.2, 0.25) is 0 Å². The van der Waals surface area contributed by atoms with E-state index in [1.165, 1.54) is 14.0 Å². The molecule has 3 aliphatic rings. The lowest BCUT2D eigenvalue weighted by Crippen LogP contribution is -2.53. The summed E-state index contributed by atoms with van der Waals surface area (Å²) in [5.41, 5.74) is -0.403. The molecule has 3 heterocycles. The second kappa shape index (κ2) is 20.0. The fourth-order valence-electron chi connectivity index (χ4n) is 8.02. The number of aliphatic hydroxyl groups is 3. The van der Waals surface area contributed by atoms with E-state index in [0.717, 1.165) is 38.5 Å². The van der Waals surface area contributed by atoms with Gasteiger partial charge in [0.1, 0.15) is 23.8 Å². The Hall–Kier alpha value is -2.55. The molecule has 1 spiro atoms. The Kier molecular flexibility index (Phi) is 17.0. The van der Waals surface area contributed by atoms with Crippen molar-refractivity contribution in [2.45, 2.75) is 175 Å². The summed E-state index contributed by atoms with van der Waals surface area (Å²) in [6, 6.07) is 0. The van der Waals surface area contributed by atoms with Gasteiger partial charge in [-0.25, -0.2) is 9.59 Å². The van der Waals surface area contributed by atoms with Gasteiger partial charge in [0.2, 0.25) is 0 Å². The van der Waals surface area contributed by atoms with Crippen molar-refractivity contribution in [3.8, 4) is 0 Å². The Morgan fingerprint density at radius 1 is 0.852 bits per heavy atom. The smallest absolute Gasteiger partial charge is 0.345 e. The maximum absolute atomic E-state index is 13.3. The molecule has 0 radical (unpaired) electrons. The highest BCUT2D eigenvalue weighted by Crippen LogP contribution is 2.45. The van der Waals surface area contributed by atoms with Gasteiger partial charge < -0.3 is 39.0 Å². The fourth-order valence-corrected chi connectivity index (χ4v) is 8.02. The zero-order valence-electron chi connectivity index (χ0n) is 34.0. The molecule has 0 aromatic rings. The summed E-state index contributed by atoms with van der Waals surface area (Å²) < 4.78 is 29.1. The summed E-state index contributed by atoms with van der Waals surface area (Å²) in [6.45, 7) is 16.5. The van der Waals surface area contributed by atoms with E-state index in [4.69, 9.17) is 18.9 Å². The third-order valence-electron chi connectivity index (χ3n) is 12.1. The molecule has 2 saturated heterocycles. The van der Waals surface area contributed by atoms with Crippen LogP contribution in [0.1, 0.15) is 127 Å². The zero-order valence-corrected chi connectivity index (χ0v) is 34.0. The van der Waals surface area contributed by atoms with Crippen molar-refractivity contribution >= 4 is 29.5 Å². The molecule has 3 N–H and O–H groups in total. The first-order valence-corrected chi connectivity index (χ1v) is 19.8. The molecule has 0 aliphatic carbocycles. The summed E-state index contributed by atoms with van der Waals surface area (Å²) in [4.78, 5) is 61.6. The number of ketones is 2. The first kappa shape index (κ1) is 45.8. The molecule has 13 atom stereocenters. The van der Waals surface area contributed by atoms with Crippen LogP contribution in [-0.4, -0.2) is 100 Å². The Morgan fingerprint density at radius 3 is 2.04 bits per heavy atom. The van der Waals surface area contributed by atoms with Crippen LogP contribution >= 0.6 is 0 Å². The summed E-state index contributed by atoms with van der Waals surface area (Å²) in [5.74, 6) is -4.07. The highest BCUT2D eigenvalue weighted by molar-refractivity contribution is 6.12. The number of hydrogen-bond donors (Lipinski definition) is 3. The molecule has 2 fully saturated rings. The molecule has 0 bridgehead atoms. The van der Waals surface area contributed by atoms with E-state index in [1.54, 1.807) is 27.7 Å². The minimum atomic E-state index is -1.63. The van der Waals surface area contributed by atoms with Crippen molar-refractivity contribution in [3.05, 3.63) is 11.1 Å². The van der Waals surface area contributed by atoms with Gasteiger partial charge in [-0.05, 0) is 76.0 Å². The maximum Gasteiger partial charge on any atom is 0.345 e. The largest absolute Gasteiger partial charge is 0.459 e. The predicted molar refractivity (Wildman–Crippen MR) is 197 cm³/mol. The predicted octanol–water partition coefficient (Wildman–Crippen LogP) is 4.79. The zero-order chi connectivity index (χ0) is 40.7. The number of Topliss-reactive ketones (excluding diaryl/α,β-unsaturated/α-hetero) is 2. The van der Waals surface area contributed by atoms with Gasteiger partial charge in [-0.2, -0.15) is 0 Å². The molecule has 0 amide bonds. The molecule has 0 saturated carbocycles. The summed E-state index contributed by atoms with van der Waals surface area (Å²) in [7, 11) is 1.32. The number of hydrogen-bond acceptors (Lipinski definition) is 13. The minimum Gasteiger partial charge on any atom is -0.459 e. The number of methoxy groups -OCH3 is 1. The van der Waals surface area contributed by atoms with Crippen molar-refractivity contribution in [2.75, 3.05) is 7.11 Å². The van der Waals surface area contributed by atoms with E-state index in [0.29, 0.717) is 18.8 Å². The van der Waals surface area contributed by atoms with Gasteiger partial charge in [0.05, 0.1) is 42.5 Å². The van der Waals surface area contributed by atoms with Crippen LogP contribution in [0.4, 0.5) is 0 Å². The topological polar surface area (TPSA) is 192 Å². The van der Waals surface area contributed by atoms with Gasteiger partial charge in [0.25, 0.3) is 0 Å². The number of carbonyl (C=O) groups excluding carboxylic acids is 5. The highest BCUT2D eigenvalue weighted by atomic mass is 16.8. The van der Waals surface area contributed by atoms with Crippen LogP contribution < -0.4 is 0 Å². The molecule has 3 rings (SSSR count). The lowest BCUT2D eigenvalue weighted by Gasteiger charge is -2.51. The van der Waals surface area contributed by atoms with Crippen molar-refractivity contribution in [1.29, 1.82) is 0 Å². The molecule has 0 aromatic carbocycles. The van der Waals surface area contributed by atoms with Crippen molar-refractivity contribution in [1.82, 2.24) is 0 Å². The quantitative estimate of drug-likeness (QED) is 0.0867. The van der Waals surface area contributed by atoms with Crippen LogP contribution in [0.5, 0.6) is 0 Å². The molecule has 0 unspecified atom stereocenters. The Morgan fingerprint density at radius 2 is 1.48 bits per heavy atom. The van der Waals surface area contributed by atoms with Crippen molar-refractivity contribution in [3.63, 3.8) is 0 Å². The number of cyclic esters (lactones) is 2. The van der Waals surface area contributed by atoms with Crippen molar-refractivity contribution < 1.29 is 63.0 Å². The third kappa shape index (κ3) is 11.7. The average Bonchev–Trinajstić information content (AvgIpc) is 3.37. The standard InChI is InChI=1S/C41H66O13/c1-21(2)36(51-34(47)20-31(45)35-27(8)39(48)52-40(35)49)38(50-10)32(46)19-30(44)26(7)29(43)13-11-24(5)37-25(6)16-18-41(54-37)17-15-23(4)33(53-41)14-12-22(3)28(9)42/h21-26,29,31-33,36-38,43,45-46H,11-20H2,1-10H3/t22-,23-,24-,25+,26-,29-,31+,32-,33+,36-,37+,38+,41-/m1/s1/i1+1,2+1,3+1,4+1,5+1,6+1,7+1,8+1,9+1,13+1,14+1,16+1,17+1,18+1,19+1,20+1,21+1,22+1,23+1,24+1,25+1,26+1,27+1,28+1,29+1,31+1,33+1,35+1,37+1,39+1. The monoisotopic (exact) mass is 797 g/mol. The molecule has 54 heavy (non-hydrogen) atoms. The molecular weight excluding hydrogens is 730 g/mol. The lowest BCUT2D eigenvalue weighted by molar-refractivity contribution is -0.338. The van der Waals surface area contributed by atoms with E-state index < -0.39 is 66.6 Å². The van der Waals surface area contributed by atoms with Crippen LogP contribution in [0.15, 0.2) is 11.1 Å². The third-order valence-corrected chi connectivity index (χ3v) is 12.1. The summed E-state index contributed by atoms with van der Waals surface area (Å²) in [5, 5.41) is 32.7. The summed E-state index contributed by atoms with van der Waals surface area (Å²) in [6.07, 6.45) is -1.03. The minimum absolute atomic E-state index is 0.00210. The SMILES string of the molecule is CO[C@@H]([C@H](O)[13CH2]C(=O)[13C@H]([13CH3])[13C@H](O)[13CH2]C[13C@@H]([13CH3])[13C@@H]1O[C@]2([13CH2]C[13C@@H]([13CH3])[13C@H]([13CH2]C[13C@@H]([13CH3])[13C]([13CH3])=O)O2)[13CH2][13CH2][13C@@H]1[13CH3])[C@H](OC(=O)[13CH2][13C@H](O)[13C]1=[13C]([13CH3])[13C](=O)OC1=O)[13CH]([13CH3])[13CH3]. The van der Waals surface area contributed by atoms with Gasteiger partial charge >= 0.3 is 17.9 Å². The van der Waals surface area contributed by atoms with E-state index in [2.05, 4.69) is 25.5 Å². The first-order chi connectivity index (χ1) is 25.2. The van der Waals surface area contributed by atoms with Gasteiger partial charge in [0, 0.05) is 43.8 Å². The maximum atomic E-state index is 13.3. The van der Waals surface area contributed by atoms with Gasteiger partial charge in [0.15, 0.2) is 5.79 Å². The number of rotatable bonds is 20. The molecule has 308 valence electrons. The van der Waals surface area contributed by atoms with Crippen LogP contribution in [-0.2, 0) is 47.7 Å². The molecular formula is C41H66O13. The fraction of sp³-hybridized carbons (Fsp3) is 0.829. The van der Waals surface area contributed by atoms with E-state index in [9.17, 15) is 39.3 Å². The Bertz CT molecular complexity index is 1350. The number of carbonyl (C=O) groups is 5. The van der Waals surface area contributed by atoms with Crippen LogP contribution in [0, 0.1) is 35.5 Å². The van der Waals surface area contributed by atoms with Gasteiger partial charge in [-0.1, -0.05) is 48.5 Å².